The van der Waals surface area contributed by atoms with Crippen LogP contribution in [0.3, 0.4) is 0 Å². The van der Waals surface area contributed by atoms with E-state index in [0.29, 0.717) is 0 Å². The molecule has 0 aliphatic carbocycles. The van der Waals surface area contributed by atoms with Crippen molar-refractivity contribution in [1.82, 2.24) is 0 Å². The molecule has 0 aromatic heterocycles. The van der Waals surface area contributed by atoms with Crippen LogP contribution in [0.5, 0.6) is 0 Å². The average Bonchev–Trinajstić information content (AvgIpc) is 1.89. The van der Waals surface area contributed by atoms with Crippen LogP contribution >= 0.6 is 11.8 Å². The molecule has 70 valence electrons. The molecule has 12 heavy (non-hydrogen) atoms. The van der Waals surface area contributed by atoms with Gasteiger partial charge in [-0.2, -0.15) is 11.8 Å². The molecule has 0 aliphatic heterocycles. The van der Waals surface area contributed by atoms with Gasteiger partial charge in [0.25, 0.3) is 0 Å². The fourth-order valence-electron chi connectivity index (χ4n) is 0.830. The monoisotopic (exact) mass is 264 g/mol. The van der Waals surface area contributed by atoms with Gasteiger partial charge in [0.1, 0.15) is 0 Å². The van der Waals surface area contributed by atoms with Gasteiger partial charge in [-0.1, -0.05) is 45.0 Å². The topological polar surface area (TPSA) is 23.1 Å². The van der Waals surface area contributed by atoms with Gasteiger partial charge in [-0.15, -0.1) is 0 Å². The van der Waals surface area contributed by atoms with Crippen LogP contribution in [-0.2, 0) is 0 Å². The summed E-state index contributed by atoms with van der Waals surface area (Å²) in [5, 5.41) is 11.0. The van der Waals surface area contributed by atoms with E-state index in [1.807, 2.05) is 6.92 Å². The third kappa shape index (κ3) is 14.1. The molecule has 0 amide bonds. The third-order valence-corrected chi connectivity index (χ3v) is 2.34. The van der Waals surface area contributed by atoms with Crippen LogP contribution in [0.1, 0.15) is 39.5 Å². The molecular formula is C8H17BrMgOS. The van der Waals surface area contributed by atoms with E-state index in [9.17, 15) is 5.11 Å². The predicted octanol–water partition coefficient (Wildman–Crippen LogP) is -1.37. The fourth-order valence-corrected chi connectivity index (χ4v) is 1.54. The number of hydrogen-bond donors (Lipinski definition) is 0. The van der Waals surface area contributed by atoms with Crippen LogP contribution in [0.2, 0.25) is 0 Å². The van der Waals surface area contributed by atoms with E-state index in [0.717, 1.165) is 18.6 Å². The van der Waals surface area contributed by atoms with E-state index in [4.69, 9.17) is 0 Å². The van der Waals surface area contributed by atoms with Crippen molar-refractivity contribution in [2.24, 2.45) is 0 Å². The molecule has 4 heteroatoms. The van der Waals surface area contributed by atoms with Crippen molar-refractivity contribution in [2.75, 3.05) is 5.75 Å². The average molecular weight is 265 g/mol. The summed E-state index contributed by atoms with van der Waals surface area (Å²) in [4.78, 5) is 0. The van der Waals surface area contributed by atoms with E-state index < -0.39 is 0 Å². The normalized spacial score (nSPS) is 11.2. The molecule has 0 spiro atoms. The SMILES string of the molecule is CCCCCC([O-])SCC.[Br-].[Mg+2]. The van der Waals surface area contributed by atoms with Crippen molar-refractivity contribution in [3.8, 4) is 0 Å². The largest absolute Gasteiger partial charge is 2.00 e. The van der Waals surface area contributed by atoms with E-state index in [2.05, 4.69) is 6.92 Å². The van der Waals surface area contributed by atoms with E-state index in [1.165, 1.54) is 24.6 Å². The Morgan fingerprint density at radius 3 is 2.25 bits per heavy atom. The second-order valence-electron chi connectivity index (χ2n) is 2.38. The minimum Gasteiger partial charge on any atom is -1.00 e. The van der Waals surface area contributed by atoms with Gasteiger partial charge in [-0.25, -0.2) is 0 Å². The van der Waals surface area contributed by atoms with E-state index in [1.54, 1.807) is 0 Å². The number of halogens is 1. The molecule has 0 N–H and O–H groups in total. The Hall–Kier alpha value is 1.56. The third-order valence-electron chi connectivity index (χ3n) is 1.40. The molecule has 1 unspecified atom stereocenters. The van der Waals surface area contributed by atoms with Gasteiger partial charge in [-0.3, -0.25) is 0 Å². The minimum atomic E-state index is -0.364. The van der Waals surface area contributed by atoms with Gasteiger partial charge < -0.3 is 22.1 Å². The smallest absolute Gasteiger partial charge is 1.00 e. The van der Waals surface area contributed by atoms with Gasteiger partial charge >= 0.3 is 23.1 Å². The Morgan fingerprint density at radius 1 is 1.25 bits per heavy atom. The number of thioether (sulfide) groups is 1. The number of unbranched alkanes of at least 4 members (excludes halogenated alkanes) is 2. The summed E-state index contributed by atoms with van der Waals surface area (Å²) in [5.41, 5.74) is -0.364. The van der Waals surface area contributed by atoms with Crippen molar-refractivity contribution >= 4 is 34.8 Å². The van der Waals surface area contributed by atoms with Crippen molar-refractivity contribution < 1.29 is 22.1 Å². The summed E-state index contributed by atoms with van der Waals surface area (Å²) < 4.78 is 0. The molecule has 0 saturated heterocycles. The Balaban J connectivity index is -0.000000405. The van der Waals surface area contributed by atoms with Crippen LogP contribution < -0.4 is 22.1 Å². The molecule has 0 aliphatic rings. The second kappa shape index (κ2) is 15.0. The zero-order valence-electron chi connectivity index (χ0n) is 8.01. The van der Waals surface area contributed by atoms with Crippen LogP contribution in [0.15, 0.2) is 0 Å². The molecule has 1 nitrogen and oxygen atoms in total. The Bertz CT molecular complexity index is 76.1. The summed E-state index contributed by atoms with van der Waals surface area (Å²) in [6.07, 6.45) is 4.39. The first-order valence-corrected chi connectivity index (χ1v) is 5.13. The molecular weight excluding hydrogens is 248 g/mol. The first-order chi connectivity index (χ1) is 4.81. The summed E-state index contributed by atoms with van der Waals surface area (Å²) in [6.45, 7) is 4.20. The van der Waals surface area contributed by atoms with Crippen molar-refractivity contribution in [2.45, 2.75) is 45.0 Å². The first-order valence-electron chi connectivity index (χ1n) is 4.08. The van der Waals surface area contributed by atoms with Gasteiger partial charge in [0, 0.05) is 0 Å². The molecule has 0 aromatic carbocycles. The summed E-state index contributed by atoms with van der Waals surface area (Å²) in [6, 6.07) is 0. The van der Waals surface area contributed by atoms with Crippen LogP contribution in [0.4, 0.5) is 0 Å². The maximum Gasteiger partial charge on any atom is 2.00 e. The molecule has 0 rings (SSSR count). The first kappa shape index (κ1) is 19.2. The van der Waals surface area contributed by atoms with Crippen molar-refractivity contribution in [3.05, 3.63) is 0 Å². The van der Waals surface area contributed by atoms with Gasteiger partial charge in [0.15, 0.2) is 0 Å². The fraction of sp³-hybridized carbons (Fsp3) is 1.00. The summed E-state index contributed by atoms with van der Waals surface area (Å²) >= 11 is 1.53. The minimum absolute atomic E-state index is 0. The molecule has 1 atom stereocenters. The van der Waals surface area contributed by atoms with Gasteiger partial charge in [-0.05, 0) is 5.75 Å². The maximum absolute atomic E-state index is 11.0. The van der Waals surface area contributed by atoms with Crippen molar-refractivity contribution in [3.63, 3.8) is 0 Å². The van der Waals surface area contributed by atoms with E-state index >= 15 is 0 Å². The zero-order valence-corrected chi connectivity index (χ0v) is 11.8. The van der Waals surface area contributed by atoms with Gasteiger partial charge in [0.2, 0.25) is 0 Å². The zero-order chi connectivity index (χ0) is 7.82. The van der Waals surface area contributed by atoms with Crippen molar-refractivity contribution in [1.29, 1.82) is 0 Å². The molecule has 0 saturated carbocycles. The molecule has 0 aromatic rings. The molecule has 0 bridgehead atoms. The molecule has 0 radical (unpaired) electrons. The van der Waals surface area contributed by atoms with Gasteiger partial charge in [0.05, 0.1) is 0 Å². The Labute approximate surface area is 107 Å². The maximum atomic E-state index is 11.0. The van der Waals surface area contributed by atoms with Crippen LogP contribution in [-0.4, -0.2) is 34.2 Å². The predicted molar refractivity (Wildman–Crippen MR) is 51.8 cm³/mol. The Morgan fingerprint density at radius 2 is 1.83 bits per heavy atom. The quantitative estimate of drug-likeness (QED) is 0.336. The number of rotatable bonds is 6. The molecule has 0 fully saturated rings. The van der Waals surface area contributed by atoms with Crippen LogP contribution in [0.25, 0.3) is 0 Å². The standard InChI is InChI=1S/C8H17OS.BrH.Mg/c1-3-5-6-7-8(9)10-4-2;;/h8H,3-7H2,1-2H3;1H;/q-1;;+2/p-1. The Kier molecular flexibility index (Phi) is 24.1. The summed E-state index contributed by atoms with van der Waals surface area (Å²) in [5.74, 6) is 0.959. The van der Waals surface area contributed by atoms with E-state index in [-0.39, 0.29) is 45.5 Å². The second-order valence-corrected chi connectivity index (χ2v) is 3.82. The van der Waals surface area contributed by atoms with Crippen LogP contribution in [0, 0.1) is 0 Å². The summed E-state index contributed by atoms with van der Waals surface area (Å²) in [7, 11) is 0. The molecule has 0 heterocycles. The number of hydrogen-bond acceptors (Lipinski definition) is 2.